The van der Waals surface area contributed by atoms with Crippen LogP contribution in [0.4, 0.5) is 0 Å². The van der Waals surface area contributed by atoms with Gasteiger partial charge in [-0.3, -0.25) is 9.36 Å². The SMILES string of the molecule is N=C(CP(=O)(O)O)[C@@H]1CCCNC1C(=O)O. The van der Waals surface area contributed by atoms with E-state index in [1.165, 1.54) is 0 Å². The van der Waals surface area contributed by atoms with E-state index in [-0.39, 0.29) is 5.71 Å². The monoisotopic (exact) mass is 250 g/mol. The molecule has 2 atom stereocenters. The molecule has 1 fully saturated rings. The molecule has 0 amide bonds. The highest BCUT2D eigenvalue weighted by Gasteiger charge is 2.35. The lowest BCUT2D eigenvalue weighted by Crippen LogP contribution is -2.50. The molecule has 0 bridgehead atoms. The molecule has 1 aliphatic heterocycles. The van der Waals surface area contributed by atoms with Crippen LogP contribution in [0.3, 0.4) is 0 Å². The summed E-state index contributed by atoms with van der Waals surface area (Å²) < 4.78 is 10.7. The minimum Gasteiger partial charge on any atom is -0.480 e. The van der Waals surface area contributed by atoms with Crippen molar-refractivity contribution < 1.29 is 24.3 Å². The molecule has 0 spiro atoms. The third-order valence-electron chi connectivity index (χ3n) is 2.55. The van der Waals surface area contributed by atoms with Gasteiger partial charge in [-0.15, -0.1) is 0 Å². The van der Waals surface area contributed by atoms with Gasteiger partial charge < -0.3 is 25.6 Å². The summed E-state index contributed by atoms with van der Waals surface area (Å²) in [5.41, 5.74) is -0.187. The summed E-state index contributed by atoms with van der Waals surface area (Å²) in [5.74, 6) is -1.71. The third kappa shape index (κ3) is 3.68. The second-order valence-electron chi connectivity index (χ2n) is 3.87. The number of aliphatic carboxylic acids is 1. The first-order chi connectivity index (χ1) is 7.31. The predicted octanol–water partition coefficient (Wildman–Crippen LogP) is -0.363. The van der Waals surface area contributed by atoms with Crippen molar-refractivity contribution in [1.29, 1.82) is 5.41 Å². The van der Waals surface area contributed by atoms with Gasteiger partial charge in [-0.05, 0) is 19.4 Å². The van der Waals surface area contributed by atoms with E-state index < -0.39 is 31.7 Å². The zero-order chi connectivity index (χ0) is 12.3. The number of carboxylic acids is 1. The Bertz CT molecular complexity index is 339. The van der Waals surface area contributed by atoms with Crippen molar-refractivity contribution in [1.82, 2.24) is 5.32 Å². The largest absolute Gasteiger partial charge is 0.480 e. The Morgan fingerprint density at radius 2 is 2.12 bits per heavy atom. The van der Waals surface area contributed by atoms with Gasteiger partial charge >= 0.3 is 13.6 Å². The van der Waals surface area contributed by atoms with Crippen LogP contribution in [0.1, 0.15) is 12.8 Å². The first-order valence-corrected chi connectivity index (χ1v) is 6.69. The Balaban J connectivity index is 2.72. The van der Waals surface area contributed by atoms with Crippen LogP contribution in [-0.2, 0) is 9.36 Å². The van der Waals surface area contributed by atoms with Gasteiger partial charge in [0.05, 0.1) is 6.16 Å². The summed E-state index contributed by atoms with van der Waals surface area (Å²) in [5, 5.41) is 19.2. The standard InChI is InChI=1S/C8H15N2O5P/c9-6(4-16(13,14)15)5-2-1-3-10-7(5)8(11)12/h5,7,9-10H,1-4H2,(H,11,12)(H2,13,14,15)/t5-,7?/m0/s1. The molecule has 0 aromatic heterocycles. The molecule has 0 aliphatic carbocycles. The van der Waals surface area contributed by atoms with Gasteiger partial charge in [0.25, 0.3) is 0 Å². The van der Waals surface area contributed by atoms with Crippen molar-refractivity contribution in [3.63, 3.8) is 0 Å². The Hall–Kier alpha value is -0.750. The quantitative estimate of drug-likeness (QED) is 0.342. The van der Waals surface area contributed by atoms with Crippen molar-refractivity contribution in [2.24, 2.45) is 5.92 Å². The van der Waals surface area contributed by atoms with Crippen LogP contribution < -0.4 is 5.32 Å². The average molecular weight is 250 g/mol. The molecule has 1 rings (SSSR count). The van der Waals surface area contributed by atoms with Gasteiger partial charge in [0.15, 0.2) is 0 Å². The fourth-order valence-corrected chi connectivity index (χ4v) is 2.54. The van der Waals surface area contributed by atoms with Crippen LogP contribution in [0.15, 0.2) is 0 Å². The summed E-state index contributed by atoms with van der Waals surface area (Å²) in [6.07, 6.45) is 0.518. The summed E-state index contributed by atoms with van der Waals surface area (Å²) in [6.45, 7) is 0.552. The summed E-state index contributed by atoms with van der Waals surface area (Å²) in [4.78, 5) is 28.4. The van der Waals surface area contributed by atoms with Crippen molar-refractivity contribution in [3.8, 4) is 0 Å². The number of carbonyl (C=O) groups is 1. The first kappa shape index (κ1) is 13.3. The second-order valence-corrected chi connectivity index (χ2v) is 5.51. The van der Waals surface area contributed by atoms with E-state index in [1.807, 2.05) is 0 Å². The number of carboxylic acid groups (broad SMARTS) is 1. The Labute approximate surface area is 92.5 Å². The Morgan fingerprint density at radius 3 is 2.62 bits per heavy atom. The van der Waals surface area contributed by atoms with Crippen molar-refractivity contribution in [2.45, 2.75) is 18.9 Å². The smallest absolute Gasteiger partial charge is 0.331 e. The van der Waals surface area contributed by atoms with Gasteiger partial charge in [-0.2, -0.15) is 0 Å². The van der Waals surface area contributed by atoms with Gasteiger partial charge in [-0.1, -0.05) is 0 Å². The maximum absolute atomic E-state index is 10.9. The normalized spacial score (nSPS) is 26.4. The minimum absolute atomic E-state index is 0.187. The van der Waals surface area contributed by atoms with Crippen LogP contribution in [-0.4, -0.2) is 45.3 Å². The molecule has 1 aliphatic rings. The number of rotatable bonds is 4. The van der Waals surface area contributed by atoms with Gasteiger partial charge in [0, 0.05) is 11.6 Å². The van der Waals surface area contributed by atoms with Gasteiger partial charge in [0.1, 0.15) is 6.04 Å². The van der Waals surface area contributed by atoms with E-state index in [1.54, 1.807) is 0 Å². The molecule has 16 heavy (non-hydrogen) atoms. The molecule has 0 saturated carbocycles. The molecule has 5 N–H and O–H groups in total. The van der Waals surface area contributed by atoms with Crippen LogP contribution >= 0.6 is 7.60 Å². The summed E-state index contributed by atoms with van der Waals surface area (Å²) >= 11 is 0. The van der Waals surface area contributed by atoms with E-state index in [0.29, 0.717) is 19.4 Å². The number of hydrogen-bond acceptors (Lipinski definition) is 4. The molecule has 1 unspecified atom stereocenters. The van der Waals surface area contributed by atoms with Crippen LogP contribution in [0.5, 0.6) is 0 Å². The van der Waals surface area contributed by atoms with Crippen LogP contribution in [0, 0.1) is 11.3 Å². The molecule has 8 heteroatoms. The van der Waals surface area contributed by atoms with E-state index in [9.17, 15) is 9.36 Å². The molecule has 7 nitrogen and oxygen atoms in total. The lowest BCUT2D eigenvalue weighted by Gasteiger charge is -2.30. The predicted molar refractivity (Wildman–Crippen MR) is 56.8 cm³/mol. The Morgan fingerprint density at radius 1 is 1.50 bits per heavy atom. The van der Waals surface area contributed by atoms with Crippen LogP contribution in [0.2, 0.25) is 0 Å². The average Bonchev–Trinajstić information content (AvgIpc) is 2.15. The molecule has 1 heterocycles. The van der Waals surface area contributed by atoms with E-state index in [0.717, 1.165) is 0 Å². The van der Waals surface area contributed by atoms with Crippen molar-refractivity contribution in [2.75, 3.05) is 12.7 Å². The lowest BCUT2D eigenvalue weighted by molar-refractivity contribution is -0.140. The van der Waals surface area contributed by atoms with Gasteiger partial charge in [0.2, 0.25) is 0 Å². The number of hydrogen-bond donors (Lipinski definition) is 5. The number of piperidine rings is 1. The third-order valence-corrected chi connectivity index (χ3v) is 3.30. The Kier molecular flexibility index (Phi) is 4.21. The lowest BCUT2D eigenvalue weighted by atomic mass is 9.87. The topological polar surface area (TPSA) is 131 Å². The van der Waals surface area contributed by atoms with Gasteiger partial charge in [-0.25, -0.2) is 0 Å². The summed E-state index contributed by atoms with van der Waals surface area (Å²) in [6, 6.07) is -0.909. The minimum atomic E-state index is -4.29. The maximum atomic E-state index is 10.9. The highest BCUT2D eigenvalue weighted by molar-refractivity contribution is 7.52. The van der Waals surface area contributed by atoms with Crippen molar-refractivity contribution >= 4 is 19.3 Å². The highest BCUT2D eigenvalue weighted by atomic mass is 31.2. The van der Waals surface area contributed by atoms with E-state index in [2.05, 4.69) is 5.32 Å². The molecular formula is C8H15N2O5P. The molecule has 0 aromatic rings. The number of nitrogens with one attached hydrogen (secondary N) is 2. The van der Waals surface area contributed by atoms with E-state index in [4.69, 9.17) is 20.3 Å². The second kappa shape index (κ2) is 5.05. The van der Waals surface area contributed by atoms with Crippen LogP contribution in [0.25, 0.3) is 0 Å². The molecule has 0 aromatic carbocycles. The maximum Gasteiger partial charge on any atom is 0.331 e. The van der Waals surface area contributed by atoms with E-state index >= 15 is 0 Å². The molecule has 1 saturated heterocycles. The fraction of sp³-hybridized carbons (Fsp3) is 0.750. The summed E-state index contributed by atoms with van der Waals surface area (Å²) in [7, 11) is -4.29. The fourth-order valence-electron chi connectivity index (χ4n) is 1.86. The molecular weight excluding hydrogens is 235 g/mol. The zero-order valence-corrected chi connectivity index (χ0v) is 9.48. The first-order valence-electron chi connectivity index (χ1n) is 4.89. The molecule has 0 radical (unpaired) electrons. The zero-order valence-electron chi connectivity index (χ0n) is 8.59. The van der Waals surface area contributed by atoms with Crippen molar-refractivity contribution in [3.05, 3.63) is 0 Å². The molecule has 92 valence electrons. The highest BCUT2D eigenvalue weighted by Crippen LogP contribution is 2.36.